The molecule has 0 aromatic heterocycles. The molecule has 0 radical (unpaired) electrons. The van der Waals surface area contributed by atoms with Gasteiger partial charge in [0, 0.05) is 0 Å². The Morgan fingerprint density at radius 1 is 1.03 bits per heavy atom. The second-order valence-corrected chi connectivity index (χ2v) is 9.79. The predicted molar refractivity (Wildman–Crippen MR) is 133 cm³/mol. The molecule has 184 valence electrons. The van der Waals surface area contributed by atoms with Crippen molar-refractivity contribution in [2.75, 3.05) is 31.1 Å². The van der Waals surface area contributed by atoms with Crippen molar-refractivity contribution in [3.05, 3.63) is 78.4 Å². The molecule has 1 aliphatic heterocycles. The number of ether oxygens (including phenoxy) is 3. The normalized spacial score (nSPS) is 15.0. The Labute approximate surface area is 205 Å². The molecule has 0 bridgehead atoms. The van der Waals surface area contributed by atoms with Gasteiger partial charge in [-0.15, -0.1) is 0 Å². The number of carbonyl (C=O) groups excluding carboxylic acids is 1. The summed E-state index contributed by atoms with van der Waals surface area (Å²) in [6.07, 6.45) is -0.0618. The van der Waals surface area contributed by atoms with Crippen LogP contribution in [-0.2, 0) is 21.2 Å². The van der Waals surface area contributed by atoms with Gasteiger partial charge < -0.3 is 19.5 Å². The molecule has 35 heavy (non-hydrogen) atoms. The van der Waals surface area contributed by atoms with E-state index in [9.17, 15) is 13.2 Å². The maximum absolute atomic E-state index is 13.5. The van der Waals surface area contributed by atoms with Gasteiger partial charge in [0.25, 0.3) is 15.9 Å². The van der Waals surface area contributed by atoms with Crippen molar-refractivity contribution in [2.45, 2.75) is 24.3 Å². The topological polar surface area (TPSA) is 94.2 Å². The van der Waals surface area contributed by atoms with E-state index in [1.165, 1.54) is 29.1 Å². The first-order chi connectivity index (χ1) is 16.9. The molecular formula is C26H28N2O6S. The van der Waals surface area contributed by atoms with Gasteiger partial charge in [-0.1, -0.05) is 31.2 Å². The number of amides is 1. The average molecular weight is 497 g/mol. The molecule has 1 amide bonds. The van der Waals surface area contributed by atoms with Gasteiger partial charge in [-0.3, -0.25) is 9.10 Å². The molecule has 1 unspecified atom stereocenters. The molecule has 1 atom stereocenters. The summed E-state index contributed by atoms with van der Waals surface area (Å²) >= 11 is 0. The molecule has 9 heteroatoms. The number of hydrogen-bond donors (Lipinski definition) is 1. The van der Waals surface area contributed by atoms with Gasteiger partial charge in [0.05, 0.1) is 30.8 Å². The van der Waals surface area contributed by atoms with Gasteiger partial charge >= 0.3 is 0 Å². The molecule has 1 heterocycles. The van der Waals surface area contributed by atoms with Crippen LogP contribution in [0.1, 0.15) is 12.5 Å². The molecule has 4 rings (SSSR count). The number of hydrogen-bond acceptors (Lipinski definition) is 6. The van der Waals surface area contributed by atoms with Crippen molar-refractivity contribution < 1.29 is 27.4 Å². The Balaban J connectivity index is 1.44. The summed E-state index contributed by atoms with van der Waals surface area (Å²) in [7, 11) is -2.43. The van der Waals surface area contributed by atoms with Crippen molar-refractivity contribution in [3.8, 4) is 17.2 Å². The van der Waals surface area contributed by atoms with E-state index in [4.69, 9.17) is 14.2 Å². The number of rotatable bonds is 9. The van der Waals surface area contributed by atoms with E-state index in [1.807, 2.05) is 24.3 Å². The van der Waals surface area contributed by atoms with E-state index < -0.39 is 22.0 Å². The highest BCUT2D eigenvalue weighted by Gasteiger charge is 2.37. The lowest BCUT2D eigenvalue weighted by Gasteiger charge is -2.34. The van der Waals surface area contributed by atoms with E-state index in [1.54, 1.807) is 36.4 Å². The molecule has 3 aromatic rings. The third-order valence-electron chi connectivity index (χ3n) is 5.68. The smallest absolute Gasteiger partial charge is 0.264 e. The van der Waals surface area contributed by atoms with Gasteiger partial charge in [-0.2, -0.15) is 0 Å². The molecular weight excluding hydrogens is 468 g/mol. The number of aryl methyl sites for hydroxylation is 1. The Bertz CT molecular complexity index is 1260. The quantitative estimate of drug-likeness (QED) is 0.457. The molecule has 1 N–H and O–H groups in total. The summed E-state index contributed by atoms with van der Waals surface area (Å²) in [5.74, 6) is 1.17. The number of methoxy groups -OCH3 is 1. The van der Waals surface area contributed by atoms with Crippen LogP contribution in [-0.4, -0.2) is 47.2 Å². The number of nitrogens with one attached hydrogen (secondary N) is 1. The molecule has 0 spiro atoms. The van der Waals surface area contributed by atoms with Crippen molar-refractivity contribution in [3.63, 3.8) is 0 Å². The summed E-state index contributed by atoms with van der Waals surface area (Å²) in [5.41, 5.74) is 1.60. The number of para-hydroxylation sites is 2. The molecule has 0 aliphatic carbocycles. The first-order valence-corrected chi connectivity index (χ1v) is 12.8. The van der Waals surface area contributed by atoms with Gasteiger partial charge in [0.1, 0.15) is 23.9 Å². The van der Waals surface area contributed by atoms with Gasteiger partial charge in [0.15, 0.2) is 6.10 Å². The average Bonchev–Trinajstić information content (AvgIpc) is 2.90. The number of anilines is 1. The lowest BCUT2D eigenvalue weighted by Crippen LogP contribution is -2.51. The molecule has 8 nitrogen and oxygen atoms in total. The SMILES string of the molecule is CCc1ccc(OCCNC(=O)C2CN(S(=O)(=O)c3ccc(OC)cc3)c3ccccc3O2)cc1. The van der Waals surface area contributed by atoms with Crippen molar-refractivity contribution >= 4 is 21.6 Å². The minimum absolute atomic E-state index is 0.0941. The van der Waals surface area contributed by atoms with Crippen LogP contribution in [0.4, 0.5) is 5.69 Å². The van der Waals surface area contributed by atoms with Crippen LogP contribution in [0, 0.1) is 0 Å². The second-order valence-electron chi connectivity index (χ2n) is 7.92. The summed E-state index contributed by atoms with van der Waals surface area (Å²) in [6, 6.07) is 20.7. The van der Waals surface area contributed by atoms with Crippen LogP contribution in [0.15, 0.2) is 77.7 Å². The number of fused-ring (bicyclic) bond motifs is 1. The lowest BCUT2D eigenvalue weighted by molar-refractivity contribution is -0.127. The Hall–Kier alpha value is -3.72. The van der Waals surface area contributed by atoms with Crippen LogP contribution in [0.3, 0.4) is 0 Å². The third-order valence-corrected chi connectivity index (χ3v) is 7.47. The summed E-state index contributed by atoms with van der Waals surface area (Å²) in [4.78, 5) is 13.0. The molecule has 0 fully saturated rings. The highest BCUT2D eigenvalue weighted by atomic mass is 32.2. The predicted octanol–water partition coefficient (Wildman–Crippen LogP) is 3.41. The van der Waals surface area contributed by atoms with Crippen LogP contribution in [0.25, 0.3) is 0 Å². The Morgan fingerprint density at radius 3 is 2.40 bits per heavy atom. The standard InChI is InChI=1S/C26H28N2O6S/c1-3-19-8-10-21(11-9-19)33-17-16-27-26(29)25-18-28(23-6-4-5-7-24(23)34-25)35(30,31)22-14-12-20(32-2)13-15-22/h4-15,25H,3,16-18H2,1-2H3,(H,27,29). The number of carbonyl (C=O) groups is 1. The number of sulfonamides is 1. The zero-order valence-corrected chi connectivity index (χ0v) is 20.5. The van der Waals surface area contributed by atoms with Crippen LogP contribution in [0.2, 0.25) is 0 Å². The maximum atomic E-state index is 13.5. The fraction of sp³-hybridized carbons (Fsp3) is 0.269. The second kappa shape index (κ2) is 10.7. The van der Waals surface area contributed by atoms with E-state index in [-0.39, 0.29) is 24.6 Å². The van der Waals surface area contributed by atoms with Crippen molar-refractivity contribution in [2.24, 2.45) is 0 Å². The lowest BCUT2D eigenvalue weighted by atomic mass is 10.2. The maximum Gasteiger partial charge on any atom is 0.264 e. The summed E-state index contributed by atoms with van der Waals surface area (Å²) in [6.45, 7) is 2.45. The Morgan fingerprint density at radius 2 is 1.71 bits per heavy atom. The summed E-state index contributed by atoms with van der Waals surface area (Å²) < 4.78 is 44.8. The summed E-state index contributed by atoms with van der Waals surface area (Å²) in [5, 5.41) is 2.78. The van der Waals surface area contributed by atoms with Crippen molar-refractivity contribution in [1.29, 1.82) is 0 Å². The largest absolute Gasteiger partial charge is 0.497 e. The van der Waals surface area contributed by atoms with E-state index >= 15 is 0 Å². The number of benzene rings is 3. The minimum atomic E-state index is -3.94. The fourth-order valence-corrected chi connectivity index (χ4v) is 5.20. The van der Waals surface area contributed by atoms with Crippen LogP contribution < -0.4 is 23.8 Å². The minimum Gasteiger partial charge on any atom is -0.497 e. The zero-order chi connectivity index (χ0) is 24.8. The van der Waals surface area contributed by atoms with Gasteiger partial charge in [-0.05, 0) is 60.5 Å². The fourth-order valence-electron chi connectivity index (χ4n) is 3.72. The highest BCUT2D eigenvalue weighted by Crippen LogP contribution is 2.37. The first kappa shape index (κ1) is 24.4. The monoisotopic (exact) mass is 496 g/mol. The molecule has 0 saturated heterocycles. The van der Waals surface area contributed by atoms with E-state index in [0.717, 1.165) is 12.2 Å². The number of nitrogens with zero attached hydrogens (tertiary/aromatic N) is 1. The third kappa shape index (κ3) is 5.51. The van der Waals surface area contributed by atoms with E-state index in [0.29, 0.717) is 17.2 Å². The molecule has 1 aliphatic rings. The van der Waals surface area contributed by atoms with Crippen LogP contribution >= 0.6 is 0 Å². The highest BCUT2D eigenvalue weighted by molar-refractivity contribution is 7.92. The van der Waals surface area contributed by atoms with E-state index in [2.05, 4.69) is 12.2 Å². The Kier molecular flexibility index (Phi) is 7.45. The molecule has 3 aromatic carbocycles. The van der Waals surface area contributed by atoms with Gasteiger partial charge in [0.2, 0.25) is 0 Å². The molecule has 0 saturated carbocycles. The van der Waals surface area contributed by atoms with Crippen molar-refractivity contribution in [1.82, 2.24) is 5.32 Å². The van der Waals surface area contributed by atoms with Crippen LogP contribution in [0.5, 0.6) is 17.2 Å². The zero-order valence-electron chi connectivity index (χ0n) is 19.6. The first-order valence-electron chi connectivity index (χ1n) is 11.3. The van der Waals surface area contributed by atoms with Gasteiger partial charge in [-0.25, -0.2) is 8.42 Å².